The molecule has 0 amide bonds. The molecule has 1 N–H and O–H groups in total. The van der Waals surface area contributed by atoms with E-state index in [1.165, 1.54) is 11.3 Å². The van der Waals surface area contributed by atoms with E-state index in [4.69, 9.17) is 0 Å². The molecule has 1 aromatic rings. The van der Waals surface area contributed by atoms with Crippen LogP contribution in [-0.4, -0.2) is 43.4 Å². The second-order valence-electron chi connectivity index (χ2n) is 3.96. The molecule has 1 atom stereocenters. The SMILES string of the molecule is CN(CC(=O)c1cccs1)[C@H]1CCNC1. The molecule has 0 saturated carbocycles. The minimum absolute atomic E-state index is 0.236. The molecule has 0 aliphatic carbocycles. The Morgan fingerprint density at radius 3 is 3.20 bits per heavy atom. The van der Waals surface area contributed by atoms with Gasteiger partial charge in [-0.3, -0.25) is 9.69 Å². The van der Waals surface area contributed by atoms with Crippen LogP contribution in [0.25, 0.3) is 0 Å². The summed E-state index contributed by atoms with van der Waals surface area (Å²) in [6.45, 7) is 2.61. The second-order valence-corrected chi connectivity index (χ2v) is 4.91. The van der Waals surface area contributed by atoms with Crippen LogP contribution in [0.3, 0.4) is 0 Å². The van der Waals surface area contributed by atoms with Crippen molar-refractivity contribution in [3.8, 4) is 0 Å². The van der Waals surface area contributed by atoms with Crippen LogP contribution in [0.2, 0.25) is 0 Å². The van der Waals surface area contributed by atoms with E-state index in [-0.39, 0.29) is 5.78 Å². The van der Waals surface area contributed by atoms with Crippen molar-refractivity contribution in [2.24, 2.45) is 0 Å². The quantitative estimate of drug-likeness (QED) is 0.781. The minimum atomic E-state index is 0.236. The van der Waals surface area contributed by atoms with Crippen molar-refractivity contribution in [3.05, 3.63) is 22.4 Å². The highest BCUT2D eigenvalue weighted by atomic mass is 32.1. The maximum atomic E-state index is 11.8. The molecule has 0 radical (unpaired) electrons. The molecule has 1 saturated heterocycles. The van der Waals surface area contributed by atoms with Gasteiger partial charge in [-0.2, -0.15) is 0 Å². The number of carbonyl (C=O) groups is 1. The second kappa shape index (κ2) is 4.88. The van der Waals surface area contributed by atoms with Gasteiger partial charge in [0, 0.05) is 12.6 Å². The Kier molecular flexibility index (Phi) is 3.51. The van der Waals surface area contributed by atoms with Gasteiger partial charge in [0.1, 0.15) is 0 Å². The molecule has 0 unspecified atom stereocenters. The minimum Gasteiger partial charge on any atom is -0.315 e. The Balaban J connectivity index is 1.88. The van der Waals surface area contributed by atoms with E-state index in [0.29, 0.717) is 12.6 Å². The molecule has 0 aromatic carbocycles. The molecule has 0 bridgehead atoms. The standard InChI is InChI=1S/C11H16N2OS/c1-13(9-4-5-12-7-9)8-10(14)11-3-2-6-15-11/h2-3,6,9,12H,4-5,7-8H2,1H3/t9-/m0/s1. The molecule has 82 valence electrons. The predicted octanol–water partition coefficient (Wildman–Crippen LogP) is 1.22. The number of thiophene rings is 1. The normalized spacial score (nSPS) is 21.1. The molecule has 15 heavy (non-hydrogen) atoms. The molecule has 2 heterocycles. The number of carbonyl (C=O) groups excluding carboxylic acids is 1. The van der Waals surface area contributed by atoms with Gasteiger partial charge in [0.05, 0.1) is 11.4 Å². The number of nitrogens with one attached hydrogen (secondary N) is 1. The van der Waals surface area contributed by atoms with Crippen LogP contribution in [0, 0.1) is 0 Å². The molecule has 2 rings (SSSR count). The van der Waals surface area contributed by atoms with E-state index in [1.807, 2.05) is 24.6 Å². The van der Waals surface area contributed by atoms with Crippen LogP contribution in [0.4, 0.5) is 0 Å². The molecule has 4 heteroatoms. The fourth-order valence-electron chi connectivity index (χ4n) is 1.89. The van der Waals surface area contributed by atoms with Gasteiger partial charge in [-0.1, -0.05) is 6.07 Å². The smallest absolute Gasteiger partial charge is 0.186 e. The molecule has 1 fully saturated rings. The summed E-state index contributed by atoms with van der Waals surface area (Å²) < 4.78 is 0. The molecule has 1 aliphatic heterocycles. The molecule has 1 aliphatic rings. The summed E-state index contributed by atoms with van der Waals surface area (Å²) in [7, 11) is 2.03. The van der Waals surface area contributed by atoms with Gasteiger partial charge < -0.3 is 5.32 Å². The van der Waals surface area contributed by atoms with Crippen molar-refractivity contribution >= 4 is 17.1 Å². The third kappa shape index (κ3) is 2.65. The summed E-state index contributed by atoms with van der Waals surface area (Å²) in [4.78, 5) is 14.8. The lowest BCUT2D eigenvalue weighted by atomic mass is 10.2. The topological polar surface area (TPSA) is 32.3 Å². The number of nitrogens with zero attached hydrogens (tertiary/aromatic N) is 1. The van der Waals surface area contributed by atoms with Crippen LogP contribution >= 0.6 is 11.3 Å². The van der Waals surface area contributed by atoms with Gasteiger partial charge in [0.2, 0.25) is 0 Å². The molecule has 1 aromatic heterocycles. The summed E-state index contributed by atoms with van der Waals surface area (Å²) in [6, 6.07) is 4.34. The number of likely N-dealkylation sites (N-methyl/N-ethyl adjacent to an activating group) is 1. The Morgan fingerprint density at radius 2 is 2.60 bits per heavy atom. The molecule has 0 spiro atoms. The van der Waals surface area contributed by atoms with Gasteiger partial charge >= 0.3 is 0 Å². The van der Waals surface area contributed by atoms with Crippen LogP contribution in [0.5, 0.6) is 0 Å². The number of hydrogen-bond acceptors (Lipinski definition) is 4. The zero-order valence-corrected chi connectivity index (χ0v) is 9.72. The van der Waals surface area contributed by atoms with Crippen molar-refractivity contribution in [2.75, 3.05) is 26.7 Å². The first-order valence-electron chi connectivity index (χ1n) is 5.25. The first kappa shape index (κ1) is 10.8. The highest BCUT2D eigenvalue weighted by Gasteiger charge is 2.21. The fourth-order valence-corrected chi connectivity index (χ4v) is 2.54. The lowest BCUT2D eigenvalue weighted by Gasteiger charge is -2.22. The zero-order chi connectivity index (χ0) is 10.7. The van der Waals surface area contributed by atoms with Crippen molar-refractivity contribution in [2.45, 2.75) is 12.5 Å². The highest BCUT2D eigenvalue weighted by Crippen LogP contribution is 2.12. The number of Topliss-reactive ketones (excluding diaryl/α,β-unsaturated/α-hetero) is 1. The summed E-state index contributed by atoms with van der Waals surface area (Å²) in [5.41, 5.74) is 0. The van der Waals surface area contributed by atoms with Gasteiger partial charge in [-0.05, 0) is 31.5 Å². The van der Waals surface area contributed by atoms with E-state index in [2.05, 4.69) is 10.2 Å². The highest BCUT2D eigenvalue weighted by molar-refractivity contribution is 7.12. The van der Waals surface area contributed by atoms with Crippen molar-refractivity contribution in [1.82, 2.24) is 10.2 Å². The number of hydrogen-bond donors (Lipinski definition) is 1. The first-order valence-corrected chi connectivity index (χ1v) is 6.13. The molecule has 3 nitrogen and oxygen atoms in total. The third-order valence-corrected chi connectivity index (χ3v) is 3.76. The lowest BCUT2D eigenvalue weighted by Crippen LogP contribution is -2.37. The average Bonchev–Trinajstić information content (AvgIpc) is 2.91. The Morgan fingerprint density at radius 1 is 1.73 bits per heavy atom. The fraction of sp³-hybridized carbons (Fsp3) is 0.545. The Bertz CT molecular complexity index is 317. The number of ketones is 1. The van der Waals surface area contributed by atoms with Crippen LogP contribution in [0.1, 0.15) is 16.1 Å². The summed E-state index contributed by atoms with van der Waals surface area (Å²) >= 11 is 1.52. The number of rotatable bonds is 4. The van der Waals surface area contributed by atoms with E-state index in [9.17, 15) is 4.79 Å². The molecular formula is C11H16N2OS. The van der Waals surface area contributed by atoms with E-state index in [1.54, 1.807) is 0 Å². The van der Waals surface area contributed by atoms with Crippen LogP contribution in [0.15, 0.2) is 17.5 Å². The van der Waals surface area contributed by atoms with Crippen molar-refractivity contribution in [3.63, 3.8) is 0 Å². The van der Waals surface area contributed by atoms with Crippen LogP contribution < -0.4 is 5.32 Å². The van der Waals surface area contributed by atoms with Crippen molar-refractivity contribution < 1.29 is 4.79 Å². The van der Waals surface area contributed by atoms with E-state index < -0.39 is 0 Å². The van der Waals surface area contributed by atoms with Gasteiger partial charge in [0.25, 0.3) is 0 Å². The average molecular weight is 224 g/mol. The Labute approximate surface area is 94.1 Å². The molecular weight excluding hydrogens is 208 g/mol. The largest absolute Gasteiger partial charge is 0.315 e. The Hall–Kier alpha value is -0.710. The summed E-state index contributed by atoms with van der Waals surface area (Å²) in [5.74, 6) is 0.236. The monoisotopic (exact) mass is 224 g/mol. The van der Waals surface area contributed by atoms with Crippen LogP contribution in [-0.2, 0) is 0 Å². The first-order chi connectivity index (χ1) is 7.27. The predicted molar refractivity (Wildman–Crippen MR) is 62.6 cm³/mol. The van der Waals surface area contributed by atoms with E-state index in [0.717, 1.165) is 24.4 Å². The van der Waals surface area contributed by atoms with Gasteiger partial charge in [0.15, 0.2) is 5.78 Å². The van der Waals surface area contributed by atoms with Crippen molar-refractivity contribution in [1.29, 1.82) is 0 Å². The van der Waals surface area contributed by atoms with E-state index >= 15 is 0 Å². The maximum Gasteiger partial charge on any atom is 0.186 e. The lowest BCUT2D eigenvalue weighted by molar-refractivity contribution is 0.0929. The summed E-state index contributed by atoms with van der Waals surface area (Å²) in [6.07, 6.45) is 1.15. The maximum absolute atomic E-state index is 11.8. The zero-order valence-electron chi connectivity index (χ0n) is 8.90. The third-order valence-electron chi connectivity index (χ3n) is 2.85. The van der Waals surface area contributed by atoms with Gasteiger partial charge in [-0.15, -0.1) is 11.3 Å². The van der Waals surface area contributed by atoms with Gasteiger partial charge in [-0.25, -0.2) is 0 Å². The summed E-state index contributed by atoms with van der Waals surface area (Å²) in [5, 5.41) is 5.26.